The quantitative estimate of drug-likeness (QED) is 0.0288. The molecule has 390 valence electrons. The van der Waals surface area contributed by atoms with E-state index in [0.29, 0.717) is 0 Å². The first-order chi connectivity index (χ1) is 42.4. The minimum atomic E-state index is -0.178. The Bertz CT molecular complexity index is 6850. The minimum Gasteiger partial charge on any atom is -0.271 e. The summed E-state index contributed by atoms with van der Waals surface area (Å²) in [6.45, 7) is 5.92. The van der Waals surface area contributed by atoms with E-state index < -0.39 is 0 Å². The van der Waals surface area contributed by atoms with Crippen molar-refractivity contribution in [1.29, 1.82) is 0 Å². The van der Waals surface area contributed by atoms with Gasteiger partial charge in [0.05, 0.1) is 0 Å². The Morgan fingerprint density at radius 3 is 0.694 bits per heavy atom. The van der Waals surface area contributed by atoms with E-state index in [-0.39, 0.29) is 11.1 Å². The molecule has 0 aromatic heterocycles. The maximum absolute atomic E-state index is 3.35. The molecule has 4 aliphatic carbocycles. The normalized spacial score (nSPS) is 21.7. The fourth-order valence-corrected chi connectivity index (χ4v) is 30.7. The summed E-state index contributed by atoms with van der Waals surface area (Å²) in [6.07, 6.45) is 23.7. The van der Waals surface area contributed by atoms with Crippen molar-refractivity contribution in [1.82, 2.24) is 4.90 Å². The lowest BCUT2D eigenvalue weighted by molar-refractivity contribution is 0.407. The molecule has 2 spiro atoms. The SMILES string of the molecule is CCCCCCCCCCCSSC(CCCCC)CCCCCN1C23c4c5c6c7c8c9c(c%10c%11c2c2c4c4c%12c5c5c6c6c8c8c%13c9c9c%10c%10c%11c%11c2c2c4c4c%12c%12c5c5c6c8c6c8c%13c9c9c%10c%10c%11c2c2c4c4c%12c5c6c5c8c9c%10c2c45)C713. The lowest BCUT2D eigenvalue weighted by Crippen LogP contribution is -2.27. The van der Waals surface area contributed by atoms with Crippen LogP contribution < -0.4 is 0 Å². The van der Waals surface area contributed by atoms with Crippen molar-refractivity contribution in [2.45, 2.75) is 139 Å². The zero-order chi connectivity index (χ0) is 52.5. The second-order valence-electron chi connectivity index (χ2n) is 31.0. The molecule has 33 rings (SSSR count). The van der Waals surface area contributed by atoms with E-state index in [2.05, 4.69) is 40.3 Å². The Morgan fingerprint density at radius 1 is 0.235 bits per heavy atom. The molecule has 0 amide bonds. The van der Waals surface area contributed by atoms with Crippen LogP contribution in [0.25, 0.3) is 291 Å². The lowest BCUT2D eigenvalue weighted by atomic mass is 9.68. The van der Waals surface area contributed by atoms with Crippen molar-refractivity contribution >= 4 is 312 Å². The number of rotatable bonds is 22. The molecule has 85 heavy (non-hydrogen) atoms. The highest BCUT2D eigenvalue weighted by Crippen LogP contribution is 2.90. The van der Waals surface area contributed by atoms with Gasteiger partial charge in [0.15, 0.2) is 0 Å². The predicted molar refractivity (Wildman–Crippen MR) is 374 cm³/mol. The van der Waals surface area contributed by atoms with Crippen molar-refractivity contribution in [3.8, 4) is 0 Å². The van der Waals surface area contributed by atoms with E-state index in [0.717, 1.165) is 5.25 Å². The van der Waals surface area contributed by atoms with Crippen LogP contribution in [0.15, 0.2) is 0 Å². The molecule has 1 atom stereocenters. The molecule has 1 unspecified atom stereocenters. The summed E-state index contributed by atoms with van der Waals surface area (Å²) in [7, 11) is 4.53. The Hall–Kier alpha value is -6.88. The highest BCUT2D eigenvalue weighted by atomic mass is 33.1. The van der Waals surface area contributed by atoms with E-state index in [1.54, 1.807) is 291 Å². The van der Waals surface area contributed by atoms with Gasteiger partial charge in [-0.3, -0.25) is 4.90 Å². The van der Waals surface area contributed by atoms with Gasteiger partial charge in [0, 0.05) is 17.5 Å². The Kier molecular flexibility index (Phi) is 4.83. The third kappa shape index (κ3) is 2.69. The first-order valence-corrected chi connectivity index (χ1v) is 36.6. The van der Waals surface area contributed by atoms with Crippen molar-refractivity contribution in [3.63, 3.8) is 0 Å². The summed E-state index contributed by atoms with van der Waals surface area (Å²) in [6, 6.07) is 0. The topological polar surface area (TPSA) is 3.01 Å². The molecule has 28 aromatic rings. The molecule has 1 aliphatic heterocycles. The number of hydrogen-bond donors (Lipinski definition) is 0. The molecule has 28 aromatic carbocycles. The predicted octanol–water partition coefficient (Wildman–Crippen LogP) is 24.9. The molecule has 1 fully saturated rings. The maximum atomic E-state index is 3.35. The molecule has 0 N–H and O–H groups in total. The van der Waals surface area contributed by atoms with Crippen molar-refractivity contribution < 1.29 is 0 Å². The summed E-state index contributed by atoms with van der Waals surface area (Å²) < 4.78 is 0. The molecule has 0 bridgehead atoms. The summed E-state index contributed by atoms with van der Waals surface area (Å²) >= 11 is 0. The molecular formula is C82H45NS2. The molecule has 1 nitrogen and oxygen atoms in total. The van der Waals surface area contributed by atoms with Gasteiger partial charge in [0.1, 0.15) is 11.1 Å². The van der Waals surface area contributed by atoms with Crippen molar-refractivity contribution in [2.24, 2.45) is 0 Å². The molecule has 0 radical (unpaired) electrons. The van der Waals surface area contributed by atoms with E-state index in [1.165, 1.54) is 121 Å². The van der Waals surface area contributed by atoms with Crippen molar-refractivity contribution in [3.05, 3.63) is 22.3 Å². The van der Waals surface area contributed by atoms with Crippen LogP contribution in [0.2, 0.25) is 0 Å². The van der Waals surface area contributed by atoms with Gasteiger partial charge in [-0.15, -0.1) is 0 Å². The zero-order valence-corrected chi connectivity index (χ0v) is 48.9. The van der Waals surface area contributed by atoms with Gasteiger partial charge in [-0.05, 0) is 339 Å². The van der Waals surface area contributed by atoms with Crippen LogP contribution in [0.4, 0.5) is 0 Å². The Labute approximate surface area is 487 Å². The van der Waals surface area contributed by atoms with E-state index in [9.17, 15) is 0 Å². The summed E-state index contributed by atoms with van der Waals surface area (Å²) in [4.78, 5) is 3.35. The van der Waals surface area contributed by atoms with E-state index in [1.807, 2.05) is 22.3 Å². The van der Waals surface area contributed by atoms with Crippen LogP contribution in [0, 0.1) is 0 Å². The molecule has 1 saturated heterocycles. The monoisotopic (exact) mass is 1110 g/mol. The highest BCUT2D eigenvalue weighted by Gasteiger charge is 2.85. The average molecular weight is 1110 g/mol. The second-order valence-corrected chi connectivity index (χ2v) is 33.8. The molecular weight excluding hydrogens is 1060 g/mol. The Morgan fingerprint density at radius 2 is 0.435 bits per heavy atom. The van der Waals surface area contributed by atoms with Gasteiger partial charge in [-0.1, -0.05) is 119 Å². The summed E-state index contributed by atoms with van der Waals surface area (Å²) in [5.41, 5.74) is 6.92. The summed E-state index contributed by atoms with van der Waals surface area (Å²) in [5, 5.41) is 92.9. The molecule has 1 heterocycles. The van der Waals surface area contributed by atoms with Gasteiger partial charge in [-0.25, -0.2) is 0 Å². The second kappa shape index (κ2) is 10.5. The minimum absolute atomic E-state index is 0.178. The fraction of sp³-hybridized carbons (Fsp3) is 0.293. The van der Waals surface area contributed by atoms with Crippen LogP contribution in [0.3, 0.4) is 0 Å². The number of nitrogens with zero attached hydrogens (tertiary/aromatic N) is 1. The maximum Gasteiger partial charge on any atom is 0.102 e. The third-order valence-electron chi connectivity index (χ3n) is 29.1. The van der Waals surface area contributed by atoms with Gasteiger partial charge in [0.2, 0.25) is 0 Å². The molecule has 0 saturated carbocycles. The first-order valence-electron chi connectivity index (χ1n) is 34.2. The van der Waals surface area contributed by atoms with Gasteiger partial charge in [0.25, 0.3) is 0 Å². The number of unbranched alkanes of at least 4 members (excludes halogenated alkanes) is 12. The number of hydrogen-bond acceptors (Lipinski definition) is 3. The average Bonchev–Trinajstić information content (AvgIpc) is 1.37. The largest absolute Gasteiger partial charge is 0.271 e. The van der Waals surface area contributed by atoms with Crippen LogP contribution >= 0.6 is 21.6 Å². The van der Waals surface area contributed by atoms with Crippen LogP contribution in [-0.4, -0.2) is 22.4 Å². The molecule has 3 heteroatoms. The van der Waals surface area contributed by atoms with Gasteiger partial charge >= 0.3 is 0 Å². The third-order valence-corrected chi connectivity index (χ3v) is 32.1. The van der Waals surface area contributed by atoms with Crippen LogP contribution in [0.5, 0.6) is 0 Å². The standard InChI is InChI=1S/C82H45NS2/c1-3-5-7-8-9-10-11-12-17-21-84-85-22(18-14-6-4-2)19-15-13-16-20-83-81-77-69-61-51-41-33-25-23-24-27-31-29(25)37-45-39(31)49-43-35(27)36-28(24)32-30-26(23)34(33)42-48-38(30)46-40(32)50-44(36)54-53(43)63-57(49)67-59(45)65(55(61)47(37)41)73(77)75(67)79-71(63)72-64(54)58(50)68-60(46)66-56(48)62(52(42)51)70(69)78(81)74(66)76(68)80(72)82(79,81)83/h22H,3-21H2,1-2H3. The zero-order valence-electron chi connectivity index (χ0n) is 47.3. The summed E-state index contributed by atoms with van der Waals surface area (Å²) in [5.74, 6) is 1.34. The van der Waals surface area contributed by atoms with E-state index >= 15 is 0 Å². The van der Waals surface area contributed by atoms with Crippen molar-refractivity contribution in [2.75, 3.05) is 12.3 Å². The first kappa shape index (κ1) is 39.0. The van der Waals surface area contributed by atoms with E-state index in [4.69, 9.17) is 0 Å². The van der Waals surface area contributed by atoms with Crippen LogP contribution in [0.1, 0.15) is 145 Å². The van der Waals surface area contributed by atoms with Gasteiger partial charge in [-0.2, -0.15) is 0 Å². The molecule has 5 aliphatic rings. The van der Waals surface area contributed by atoms with Crippen LogP contribution in [-0.2, 0) is 11.1 Å². The highest BCUT2D eigenvalue weighted by molar-refractivity contribution is 8.76. The smallest absolute Gasteiger partial charge is 0.102 e. The fourth-order valence-electron chi connectivity index (χ4n) is 27.8. The Balaban J connectivity index is 0.712. The number of benzene rings is 18. The van der Waals surface area contributed by atoms with Gasteiger partial charge < -0.3 is 0 Å². The lowest BCUT2D eigenvalue weighted by Gasteiger charge is -2.30.